The van der Waals surface area contributed by atoms with E-state index in [9.17, 15) is 4.79 Å². The van der Waals surface area contributed by atoms with Gasteiger partial charge in [0.25, 0.3) is 5.91 Å². The van der Waals surface area contributed by atoms with Gasteiger partial charge in [-0.3, -0.25) is 4.79 Å². The summed E-state index contributed by atoms with van der Waals surface area (Å²) in [5, 5.41) is 11.2. The van der Waals surface area contributed by atoms with E-state index in [1.165, 1.54) is 5.56 Å². The Balaban J connectivity index is 1.45. The Hall–Kier alpha value is -2.73. The highest BCUT2D eigenvalue weighted by Crippen LogP contribution is 2.13. The molecule has 0 radical (unpaired) electrons. The summed E-state index contributed by atoms with van der Waals surface area (Å²) in [7, 11) is 2.10. The minimum absolute atomic E-state index is 0.0661. The van der Waals surface area contributed by atoms with Crippen molar-refractivity contribution >= 4 is 16.9 Å². The molecule has 6 heteroatoms. The smallest absolute Gasteiger partial charge is 0.251 e. The maximum Gasteiger partial charge on any atom is 0.251 e. The molecule has 6 nitrogen and oxygen atoms in total. The first-order chi connectivity index (χ1) is 12.7. The molecule has 1 aromatic heterocycles. The van der Waals surface area contributed by atoms with Crippen LogP contribution >= 0.6 is 0 Å². The first kappa shape index (κ1) is 18.1. The topological polar surface area (TPSA) is 63.1 Å². The summed E-state index contributed by atoms with van der Waals surface area (Å²) in [5.74, 6) is -0.0661. The fraction of sp³-hybridized carbons (Fsp3) is 0.350. The van der Waals surface area contributed by atoms with Crippen molar-refractivity contribution in [1.82, 2.24) is 25.2 Å². The molecule has 0 aliphatic rings. The van der Waals surface area contributed by atoms with Gasteiger partial charge in [0.15, 0.2) is 0 Å². The number of carbonyl (C=O) groups is 1. The van der Waals surface area contributed by atoms with Crippen molar-refractivity contribution in [3.8, 4) is 0 Å². The van der Waals surface area contributed by atoms with Crippen LogP contribution in [0.4, 0.5) is 0 Å². The maximum absolute atomic E-state index is 12.3. The van der Waals surface area contributed by atoms with Gasteiger partial charge < -0.3 is 10.2 Å². The highest BCUT2D eigenvalue weighted by atomic mass is 16.1. The van der Waals surface area contributed by atoms with E-state index >= 15 is 0 Å². The maximum atomic E-state index is 12.3. The molecule has 0 unspecified atom stereocenters. The van der Waals surface area contributed by atoms with Crippen molar-refractivity contribution in [2.24, 2.45) is 0 Å². The Bertz CT molecular complexity index is 859. The number of hydrogen-bond donors (Lipinski definition) is 1. The molecule has 0 bridgehead atoms. The Morgan fingerprint density at radius 3 is 2.77 bits per heavy atom. The summed E-state index contributed by atoms with van der Waals surface area (Å²) in [6.07, 6.45) is 0.906. The highest BCUT2D eigenvalue weighted by Gasteiger charge is 2.09. The zero-order valence-electron chi connectivity index (χ0n) is 15.4. The predicted molar refractivity (Wildman–Crippen MR) is 103 cm³/mol. The zero-order valence-corrected chi connectivity index (χ0v) is 15.4. The largest absolute Gasteiger partial charge is 0.352 e. The molecule has 1 heterocycles. The number of aryl methyl sites for hydroxylation is 1. The second-order valence-corrected chi connectivity index (χ2v) is 6.44. The zero-order chi connectivity index (χ0) is 18.4. The third-order valence-electron chi connectivity index (χ3n) is 4.37. The van der Waals surface area contributed by atoms with Crippen LogP contribution in [0.25, 0.3) is 11.0 Å². The summed E-state index contributed by atoms with van der Waals surface area (Å²) in [4.78, 5) is 14.6. The van der Waals surface area contributed by atoms with Crippen molar-refractivity contribution in [3.63, 3.8) is 0 Å². The summed E-state index contributed by atoms with van der Waals surface area (Å²) < 4.78 is 1.82. The number of hydrogen-bond acceptors (Lipinski definition) is 4. The van der Waals surface area contributed by atoms with Gasteiger partial charge in [0.1, 0.15) is 5.52 Å². The van der Waals surface area contributed by atoms with Crippen LogP contribution in [0, 0.1) is 0 Å². The molecule has 3 rings (SSSR count). The van der Waals surface area contributed by atoms with Crippen LogP contribution in [0.1, 0.15) is 29.3 Å². The van der Waals surface area contributed by atoms with E-state index in [0.717, 1.165) is 37.1 Å². The number of carbonyl (C=O) groups excluding carboxylic acids is 1. The Morgan fingerprint density at radius 1 is 1.19 bits per heavy atom. The van der Waals surface area contributed by atoms with Crippen molar-refractivity contribution in [2.45, 2.75) is 26.4 Å². The number of nitrogens with zero attached hydrogens (tertiary/aromatic N) is 4. The van der Waals surface area contributed by atoms with Gasteiger partial charge in [0.05, 0.1) is 5.52 Å². The van der Waals surface area contributed by atoms with Gasteiger partial charge in [0, 0.05) is 25.2 Å². The summed E-state index contributed by atoms with van der Waals surface area (Å²) in [6.45, 7) is 5.28. The number of benzene rings is 2. The summed E-state index contributed by atoms with van der Waals surface area (Å²) in [5.41, 5.74) is 3.62. The number of fused-ring (bicyclic) bond motifs is 1. The number of amides is 1. The number of aromatic nitrogens is 3. The second kappa shape index (κ2) is 8.58. The first-order valence-electron chi connectivity index (χ1n) is 9.01. The fourth-order valence-electron chi connectivity index (χ4n) is 2.97. The molecule has 136 valence electrons. The summed E-state index contributed by atoms with van der Waals surface area (Å²) in [6, 6.07) is 15.9. The Kier molecular flexibility index (Phi) is 5.96. The average molecular weight is 351 g/mol. The third kappa shape index (κ3) is 4.46. The van der Waals surface area contributed by atoms with Gasteiger partial charge >= 0.3 is 0 Å². The van der Waals surface area contributed by atoms with Crippen LogP contribution in [0.15, 0.2) is 48.5 Å². The van der Waals surface area contributed by atoms with E-state index in [2.05, 4.69) is 51.8 Å². The molecule has 1 amide bonds. The molecule has 0 spiro atoms. The van der Waals surface area contributed by atoms with Gasteiger partial charge in [-0.25, -0.2) is 4.68 Å². The minimum Gasteiger partial charge on any atom is -0.352 e. The van der Waals surface area contributed by atoms with Gasteiger partial charge in [-0.2, -0.15) is 0 Å². The molecule has 1 N–H and O–H groups in total. The quantitative estimate of drug-likeness (QED) is 0.634. The van der Waals surface area contributed by atoms with Crippen LogP contribution in [0.2, 0.25) is 0 Å². The van der Waals surface area contributed by atoms with E-state index in [4.69, 9.17) is 0 Å². The van der Waals surface area contributed by atoms with Gasteiger partial charge in [-0.05, 0) is 50.7 Å². The Labute approximate surface area is 153 Å². The minimum atomic E-state index is -0.0661. The molecule has 0 aliphatic heterocycles. The van der Waals surface area contributed by atoms with Gasteiger partial charge in [0.2, 0.25) is 0 Å². The molecule has 0 atom stereocenters. The molecule has 0 fully saturated rings. The van der Waals surface area contributed by atoms with Crippen LogP contribution in [0.5, 0.6) is 0 Å². The fourth-order valence-corrected chi connectivity index (χ4v) is 2.97. The predicted octanol–water partition coefficient (Wildman–Crippen LogP) is 2.70. The number of rotatable bonds is 8. The van der Waals surface area contributed by atoms with Gasteiger partial charge in [-0.1, -0.05) is 35.5 Å². The molecule has 26 heavy (non-hydrogen) atoms. The third-order valence-corrected chi connectivity index (χ3v) is 4.37. The lowest BCUT2D eigenvalue weighted by Gasteiger charge is -2.16. The van der Waals surface area contributed by atoms with Crippen LogP contribution in [0.3, 0.4) is 0 Å². The van der Waals surface area contributed by atoms with E-state index < -0.39 is 0 Å². The van der Waals surface area contributed by atoms with Crippen LogP contribution < -0.4 is 5.32 Å². The first-order valence-corrected chi connectivity index (χ1v) is 9.01. The molecule has 0 saturated carbocycles. The highest BCUT2D eigenvalue weighted by molar-refractivity contribution is 5.97. The van der Waals surface area contributed by atoms with E-state index in [1.807, 2.05) is 29.8 Å². The lowest BCUT2D eigenvalue weighted by Crippen LogP contribution is -2.28. The normalized spacial score (nSPS) is 11.2. The lowest BCUT2D eigenvalue weighted by atomic mass is 10.2. The number of nitrogens with one attached hydrogen (secondary N) is 1. The Morgan fingerprint density at radius 2 is 2.00 bits per heavy atom. The molecule has 0 aliphatic carbocycles. The van der Waals surface area contributed by atoms with E-state index in [1.54, 1.807) is 6.07 Å². The van der Waals surface area contributed by atoms with Crippen LogP contribution in [-0.2, 0) is 13.1 Å². The van der Waals surface area contributed by atoms with Crippen LogP contribution in [-0.4, -0.2) is 45.9 Å². The standard InChI is InChI=1S/C20H25N5O/c1-3-25-19-11-10-17(14-18(19)22-23-25)20(26)21-12-7-13-24(2)15-16-8-5-4-6-9-16/h4-6,8-11,14H,3,7,12-13,15H2,1-2H3,(H,21,26). The molecular formula is C20H25N5O. The van der Waals surface area contributed by atoms with Crippen molar-refractivity contribution in [3.05, 3.63) is 59.7 Å². The van der Waals surface area contributed by atoms with Gasteiger partial charge in [-0.15, -0.1) is 5.10 Å². The lowest BCUT2D eigenvalue weighted by molar-refractivity contribution is 0.0952. The van der Waals surface area contributed by atoms with Crippen molar-refractivity contribution in [1.29, 1.82) is 0 Å². The van der Waals surface area contributed by atoms with E-state index in [0.29, 0.717) is 12.1 Å². The molecule has 2 aromatic carbocycles. The SMILES string of the molecule is CCn1nnc2cc(C(=O)NCCCN(C)Cc3ccccc3)ccc21. The van der Waals surface area contributed by atoms with Crippen molar-refractivity contribution in [2.75, 3.05) is 20.1 Å². The molecule has 0 saturated heterocycles. The monoisotopic (exact) mass is 351 g/mol. The van der Waals surface area contributed by atoms with Crippen molar-refractivity contribution < 1.29 is 4.79 Å². The molecular weight excluding hydrogens is 326 g/mol. The average Bonchev–Trinajstić information content (AvgIpc) is 3.08. The second-order valence-electron chi connectivity index (χ2n) is 6.44. The molecule has 3 aromatic rings. The summed E-state index contributed by atoms with van der Waals surface area (Å²) >= 11 is 0. The van der Waals surface area contributed by atoms with E-state index in [-0.39, 0.29) is 5.91 Å².